The molecule has 0 aromatic carbocycles. The maximum absolute atomic E-state index is 12.8. The van der Waals surface area contributed by atoms with Crippen molar-refractivity contribution < 1.29 is 12.8 Å². The van der Waals surface area contributed by atoms with Gasteiger partial charge in [-0.05, 0) is 30.4 Å². The predicted molar refractivity (Wildman–Crippen MR) is 92.4 cm³/mol. The highest BCUT2D eigenvalue weighted by molar-refractivity contribution is 7.89. The smallest absolute Gasteiger partial charge is 0.244 e. The van der Waals surface area contributed by atoms with E-state index in [0.717, 1.165) is 12.8 Å². The molecule has 0 spiro atoms. The van der Waals surface area contributed by atoms with Crippen LogP contribution < -0.4 is 0 Å². The average Bonchev–Trinajstić information content (AvgIpc) is 3.02. The van der Waals surface area contributed by atoms with Crippen LogP contribution in [0.5, 0.6) is 0 Å². The van der Waals surface area contributed by atoms with Crippen molar-refractivity contribution in [1.82, 2.24) is 19.5 Å². The van der Waals surface area contributed by atoms with Gasteiger partial charge in [-0.3, -0.25) is 4.98 Å². The van der Waals surface area contributed by atoms with Gasteiger partial charge in [-0.2, -0.15) is 4.31 Å². The molecule has 1 aliphatic heterocycles. The molecule has 2 aromatic heterocycles. The lowest BCUT2D eigenvalue weighted by Crippen LogP contribution is -2.39. The topological polar surface area (TPSA) is 89.2 Å². The summed E-state index contributed by atoms with van der Waals surface area (Å²) in [7, 11) is -3.54. The maximum atomic E-state index is 12.8. The van der Waals surface area contributed by atoms with Crippen LogP contribution in [0, 0.1) is 5.41 Å². The molecule has 0 aliphatic carbocycles. The Bertz CT molecular complexity index is 812. The number of hydrogen-bond acceptors (Lipinski definition) is 6. The van der Waals surface area contributed by atoms with Crippen LogP contribution in [0.1, 0.15) is 51.3 Å². The van der Waals surface area contributed by atoms with E-state index in [4.69, 9.17) is 4.42 Å². The second kappa shape index (κ2) is 6.84. The quantitative estimate of drug-likeness (QED) is 0.828. The van der Waals surface area contributed by atoms with E-state index in [1.807, 2.05) is 0 Å². The minimum atomic E-state index is -3.54. The van der Waals surface area contributed by atoms with Gasteiger partial charge < -0.3 is 4.42 Å². The third kappa shape index (κ3) is 4.24. The van der Waals surface area contributed by atoms with E-state index < -0.39 is 10.0 Å². The number of piperidine rings is 1. The lowest BCUT2D eigenvalue weighted by Gasteiger charge is -2.30. The number of aromatic nitrogens is 3. The minimum Gasteiger partial charge on any atom is -0.425 e. The van der Waals surface area contributed by atoms with Crippen molar-refractivity contribution in [2.45, 2.75) is 50.8 Å². The van der Waals surface area contributed by atoms with Crippen LogP contribution in [0.3, 0.4) is 0 Å². The van der Waals surface area contributed by atoms with Gasteiger partial charge in [0, 0.05) is 31.9 Å². The SMILES string of the molecule is CC(C)(C)Cc1nnc(C2CCCN(S(=O)(=O)c3cccnc3)C2)o1. The Morgan fingerprint density at radius 1 is 1.32 bits per heavy atom. The molecular weight excluding hydrogens is 340 g/mol. The van der Waals surface area contributed by atoms with Crippen LogP contribution in [-0.4, -0.2) is 41.0 Å². The van der Waals surface area contributed by atoms with Gasteiger partial charge in [0.25, 0.3) is 0 Å². The van der Waals surface area contributed by atoms with Crippen molar-refractivity contribution in [3.8, 4) is 0 Å². The van der Waals surface area contributed by atoms with Gasteiger partial charge in [-0.15, -0.1) is 10.2 Å². The molecule has 0 radical (unpaired) electrons. The van der Waals surface area contributed by atoms with Gasteiger partial charge in [0.2, 0.25) is 21.8 Å². The third-order valence-corrected chi connectivity index (χ3v) is 6.02. The van der Waals surface area contributed by atoms with Gasteiger partial charge in [-0.1, -0.05) is 20.8 Å². The zero-order valence-electron chi connectivity index (χ0n) is 14.8. The highest BCUT2D eigenvalue weighted by Crippen LogP contribution is 2.30. The maximum Gasteiger partial charge on any atom is 0.244 e. The Kier molecular flexibility index (Phi) is 4.92. The molecule has 1 unspecified atom stereocenters. The number of pyridine rings is 1. The summed E-state index contributed by atoms with van der Waals surface area (Å²) in [6.07, 6.45) is 5.25. The molecule has 1 fully saturated rings. The minimum absolute atomic E-state index is 0.0616. The molecular formula is C17H24N4O3S. The standard InChI is InChI=1S/C17H24N4O3S/c1-17(2,3)10-15-19-20-16(24-15)13-6-5-9-21(12-13)25(22,23)14-7-4-8-18-11-14/h4,7-8,11,13H,5-6,9-10,12H2,1-3H3. The Hall–Kier alpha value is -1.80. The van der Waals surface area contributed by atoms with Crippen molar-refractivity contribution in [2.75, 3.05) is 13.1 Å². The molecule has 0 amide bonds. The average molecular weight is 364 g/mol. The molecule has 0 saturated carbocycles. The monoisotopic (exact) mass is 364 g/mol. The van der Waals surface area contributed by atoms with Crippen LogP contribution >= 0.6 is 0 Å². The van der Waals surface area contributed by atoms with Crippen LogP contribution in [0.25, 0.3) is 0 Å². The fourth-order valence-electron chi connectivity index (χ4n) is 2.97. The fraction of sp³-hybridized carbons (Fsp3) is 0.588. The van der Waals surface area contributed by atoms with Crippen LogP contribution in [0.2, 0.25) is 0 Å². The highest BCUT2D eigenvalue weighted by atomic mass is 32.2. The molecule has 8 heteroatoms. The van der Waals surface area contributed by atoms with Crippen molar-refractivity contribution in [3.05, 3.63) is 36.3 Å². The molecule has 1 aliphatic rings. The summed E-state index contributed by atoms with van der Waals surface area (Å²) in [4.78, 5) is 4.13. The first-order chi connectivity index (χ1) is 11.8. The van der Waals surface area contributed by atoms with E-state index in [1.54, 1.807) is 18.3 Å². The Morgan fingerprint density at radius 3 is 2.80 bits per heavy atom. The van der Waals surface area contributed by atoms with Crippen LogP contribution in [0.4, 0.5) is 0 Å². The molecule has 2 aromatic rings. The summed E-state index contributed by atoms with van der Waals surface area (Å²) in [5.74, 6) is 1.07. The normalized spacial score (nSPS) is 19.9. The van der Waals surface area contributed by atoms with Crippen molar-refractivity contribution in [2.24, 2.45) is 5.41 Å². The van der Waals surface area contributed by atoms with E-state index in [-0.39, 0.29) is 16.2 Å². The largest absolute Gasteiger partial charge is 0.425 e. The highest BCUT2D eigenvalue weighted by Gasteiger charge is 2.33. The lowest BCUT2D eigenvalue weighted by atomic mass is 9.92. The van der Waals surface area contributed by atoms with Gasteiger partial charge in [0.05, 0.1) is 5.92 Å². The molecule has 1 atom stereocenters. The first kappa shape index (κ1) is 18.0. The van der Waals surface area contributed by atoms with Crippen LogP contribution in [-0.2, 0) is 16.4 Å². The van der Waals surface area contributed by atoms with E-state index in [0.29, 0.717) is 31.3 Å². The zero-order valence-corrected chi connectivity index (χ0v) is 15.7. The first-order valence-corrected chi connectivity index (χ1v) is 9.92. The Labute approximate surface area is 148 Å². The summed E-state index contributed by atoms with van der Waals surface area (Å²) in [6.45, 7) is 7.18. The molecule has 3 rings (SSSR count). The van der Waals surface area contributed by atoms with Crippen LogP contribution in [0.15, 0.2) is 33.8 Å². The number of sulfonamides is 1. The molecule has 7 nitrogen and oxygen atoms in total. The summed E-state index contributed by atoms with van der Waals surface area (Å²) >= 11 is 0. The second-order valence-electron chi connectivity index (χ2n) is 7.66. The van der Waals surface area contributed by atoms with Gasteiger partial charge in [0.1, 0.15) is 4.90 Å². The summed E-state index contributed by atoms with van der Waals surface area (Å²) < 4.78 is 32.9. The third-order valence-electron chi connectivity index (χ3n) is 4.17. The Balaban J connectivity index is 1.76. The molecule has 1 saturated heterocycles. The van der Waals surface area contributed by atoms with Gasteiger partial charge in [0.15, 0.2) is 0 Å². The van der Waals surface area contributed by atoms with Crippen molar-refractivity contribution in [1.29, 1.82) is 0 Å². The van der Waals surface area contributed by atoms with E-state index >= 15 is 0 Å². The zero-order chi connectivity index (χ0) is 18.1. The molecule has 136 valence electrons. The summed E-state index contributed by atoms with van der Waals surface area (Å²) in [5, 5.41) is 8.29. The van der Waals surface area contributed by atoms with Crippen molar-refractivity contribution >= 4 is 10.0 Å². The lowest BCUT2D eigenvalue weighted by molar-refractivity contribution is 0.274. The van der Waals surface area contributed by atoms with Gasteiger partial charge >= 0.3 is 0 Å². The fourth-order valence-corrected chi connectivity index (χ4v) is 4.46. The number of nitrogens with zero attached hydrogens (tertiary/aromatic N) is 4. The molecule has 25 heavy (non-hydrogen) atoms. The molecule has 3 heterocycles. The second-order valence-corrected chi connectivity index (χ2v) is 9.60. The van der Waals surface area contributed by atoms with Gasteiger partial charge in [-0.25, -0.2) is 8.42 Å². The summed E-state index contributed by atoms with van der Waals surface area (Å²) in [6, 6.07) is 3.20. The van der Waals surface area contributed by atoms with Crippen molar-refractivity contribution in [3.63, 3.8) is 0 Å². The summed E-state index contributed by atoms with van der Waals surface area (Å²) in [5.41, 5.74) is 0.0616. The van der Waals surface area contributed by atoms with E-state index in [2.05, 4.69) is 36.0 Å². The number of hydrogen-bond donors (Lipinski definition) is 0. The van der Waals surface area contributed by atoms with E-state index in [1.165, 1.54) is 10.5 Å². The van der Waals surface area contributed by atoms with E-state index in [9.17, 15) is 8.42 Å². The first-order valence-electron chi connectivity index (χ1n) is 8.48. The predicted octanol–water partition coefficient (Wildman–Crippen LogP) is 2.62. The molecule has 0 bridgehead atoms. The molecule has 0 N–H and O–H groups in total. The number of rotatable bonds is 4. The Morgan fingerprint density at radius 2 is 2.12 bits per heavy atom.